The van der Waals surface area contributed by atoms with Crippen molar-refractivity contribution < 1.29 is 0 Å². The maximum absolute atomic E-state index is 10.0. The van der Waals surface area contributed by atoms with Crippen molar-refractivity contribution in [3.8, 4) is 6.19 Å². The summed E-state index contributed by atoms with van der Waals surface area (Å²) in [5.41, 5.74) is 4.94. The second-order valence-corrected chi connectivity index (χ2v) is 10.5. The molecule has 1 aromatic carbocycles. The monoisotopic (exact) mass is 442 g/mol. The molecule has 6 nitrogen and oxygen atoms in total. The second-order valence-electron chi connectivity index (χ2n) is 10.5. The van der Waals surface area contributed by atoms with Crippen molar-refractivity contribution in [3.63, 3.8) is 0 Å². The Morgan fingerprint density at radius 2 is 1.82 bits per heavy atom. The van der Waals surface area contributed by atoms with E-state index in [2.05, 4.69) is 56.9 Å². The van der Waals surface area contributed by atoms with Gasteiger partial charge in [-0.1, -0.05) is 55.5 Å². The van der Waals surface area contributed by atoms with Gasteiger partial charge in [-0.3, -0.25) is 4.68 Å². The molecule has 6 heteroatoms. The molecule has 3 aliphatic rings. The average molecular weight is 443 g/mol. The number of piperidine rings is 1. The molecule has 2 aromatic heterocycles. The molecule has 172 valence electrons. The van der Waals surface area contributed by atoms with Gasteiger partial charge in [-0.2, -0.15) is 5.26 Å². The number of aromatic nitrogens is 4. The molecule has 3 atom stereocenters. The summed E-state index contributed by atoms with van der Waals surface area (Å²) >= 11 is 0. The highest BCUT2D eigenvalue weighted by molar-refractivity contribution is 5.84. The van der Waals surface area contributed by atoms with Crippen LogP contribution >= 0.6 is 0 Å². The van der Waals surface area contributed by atoms with Crippen LogP contribution in [0.3, 0.4) is 0 Å². The average Bonchev–Trinajstić information content (AvgIpc) is 3.61. The fourth-order valence-corrected chi connectivity index (χ4v) is 6.85. The summed E-state index contributed by atoms with van der Waals surface area (Å²) in [5.74, 6) is 2.03. The van der Waals surface area contributed by atoms with Crippen molar-refractivity contribution in [2.24, 2.45) is 11.8 Å². The van der Waals surface area contributed by atoms with Gasteiger partial charge >= 0.3 is 0 Å². The number of likely N-dealkylation sites (tertiary alicyclic amines) is 1. The van der Waals surface area contributed by atoms with E-state index < -0.39 is 0 Å². The van der Waals surface area contributed by atoms with Gasteiger partial charge < -0.3 is 9.88 Å². The Kier molecular flexibility index (Phi) is 5.57. The van der Waals surface area contributed by atoms with Gasteiger partial charge in [0.15, 0.2) is 6.19 Å². The summed E-state index contributed by atoms with van der Waals surface area (Å²) in [5, 5.41) is 20.3. The Balaban J connectivity index is 1.29. The summed E-state index contributed by atoms with van der Waals surface area (Å²) in [6.45, 7) is 1.73. The topological polar surface area (TPSA) is 73.5 Å². The number of fused-ring (bicyclic) bond motifs is 2. The van der Waals surface area contributed by atoms with Crippen LogP contribution in [0.5, 0.6) is 0 Å². The minimum atomic E-state index is 0.154. The van der Waals surface area contributed by atoms with Crippen LogP contribution < -0.4 is 0 Å². The van der Waals surface area contributed by atoms with Crippen molar-refractivity contribution in [2.45, 2.75) is 82.7 Å². The number of nitrogens with zero attached hydrogens (tertiary/aromatic N) is 5. The van der Waals surface area contributed by atoms with E-state index in [-0.39, 0.29) is 6.04 Å². The molecule has 1 N–H and O–H groups in total. The lowest BCUT2D eigenvalue weighted by Crippen LogP contribution is -2.41. The number of aromatic amines is 1. The zero-order chi connectivity index (χ0) is 22.2. The van der Waals surface area contributed by atoms with E-state index in [4.69, 9.17) is 0 Å². The minimum absolute atomic E-state index is 0.154. The third-order valence-electron chi connectivity index (χ3n) is 8.63. The van der Waals surface area contributed by atoms with E-state index in [1.54, 1.807) is 0 Å². The lowest BCUT2D eigenvalue weighted by molar-refractivity contribution is 0.0746. The Morgan fingerprint density at radius 3 is 2.67 bits per heavy atom. The molecule has 0 radical (unpaired) electrons. The zero-order valence-electron chi connectivity index (χ0n) is 19.4. The maximum atomic E-state index is 10.0. The van der Waals surface area contributed by atoms with Gasteiger partial charge in [-0.15, -0.1) is 5.10 Å². The predicted octanol–water partition coefficient (Wildman–Crippen LogP) is 5.69. The van der Waals surface area contributed by atoms with Gasteiger partial charge in [0.25, 0.3) is 0 Å². The predicted molar refractivity (Wildman–Crippen MR) is 128 cm³/mol. The molecule has 1 saturated heterocycles. The second kappa shape index (κ2) is 8.85. The molecule has 1 aliphatic heterocycles. The summed E-state index contributed by atoms with van der Waals surface area (Å²) in [4.78, 5) is 5.81. The number of rotatable bonds is 5. The normalized spacial score (nSPS) is 25.9. The van der Waals surface area contributed by atoms with Gasteiger partial charge in [-0.25, -0.2) is 0 Å². The number of nitrogens with one attached hydrogen (secondary N) is 1. The summed E-state index contributed by atoms with van der Waals surface area (Å²) in [6, 6.07) is 8.76. The highest BCUT2D eigenvalue weighted by Gasteiger charge is 2.38. The molecule has 0 spiro atoms. The highest BCUT2D eigenvalue weighted by atomic mass is 15.4. The van der Waals surface area contributed by atoms with E-state index in [1.165, 1.54) is 73.5 Å². The largest absolute Gasteiger partial charge is 0.356 e. The van der Waals surface area contributed by atoms with Gasteiger partial charge in [0.05, 0.1) is 11.7 Å². The van der Waals surface area contributed by atoms with Crippen LogP contribution in [0.4, 0.5) is 0 Å². The molecule has 0 bridgehead atoms. The van der Waals surface area contributed by atoms with E-state index in [0.717, 1.165) is 37.5 Å². The standard InChI is InChI=1S/C27H34N6/c28-18-32-16-21-10-4-3-9-20(21)15-26(32)27-23(22-11-5-6-12-24(22)29-27)13-14-33-17-25(30-31-33)19-7-1-2-8-19/h5-6,11-12,17,19-21,26,29H,1-4,7-10,13-16H2. The molecular formula is C27H34N6. The van der Waals surface area contributed by atoms with Crippen LogP contribution in [0.25, 0.3) is 10.9 Å². The molecule has 33 heavy (non-hydrogen) atoms. The smallest absolute Gasteiger partial charge is 0.179 e. The highest BCUT2D eigenvalue weighted by Crippen LogP contribution is 2.45. The molecule has 6 rings (SSSR count). The molecule has 3 aromatic rings. The van der Waals surface area contributed by atoms with Crippen LogP contribution in [-0.4, -0.2) is 31.4 Å². The van der Waals surface area contributed by atoms with E-state index in [1.807, 2.05) is 4.68 Å². The van der Waals surface area contributed by atoms with Crippen molar-refractivity contribution >= 4 is 10.9 Å². The molecule has 0 amide bonds. The van der Waals surface area contributed by atoms with E-state index >= 15 is 0 Å². The summed E-state index contributed by atoms with van der Waals surface area (Å²) in [6.07, 6.45) is 17.1. The molecule has 3 fully saturated rings. The number of hydrogen-bond acceptors (Lipinski definition) is 4. The van der Waals surface area contributed by atoms with Gasteiger partial charge in [0.1, 0.15) is 0 Å². The Labute approximate surface area is 196 Å². The van der Waals surface area contributed by atoms with Crippen LogP contribution in [0, 0.1) is 23.3 Å². The number of para-hydroxylation sites is 1. The minimum Gasteiger partial charge on any atom is -0.356 e. The Bertz CT molecular complexity index is 1150. The lowest BCUT2D eigenvalue weighted by atomic mass is 9.72. The molecule has 3 unspecified atom stereocenters. The van der Waals surface area contributed by atoms with Gasteiger partial charge in [0.2, 0.25) is 0 Å². The van der Waals surface area contributed by atoms with Crippen LogP contribution in [-0.2, 0) is 13.0 Å². The molecule has 2 aliphatic carbocycles. The Morgan fingerprint density at radius 1 is 1.03 bits per heavy atom. The number of benzene rings is 1. The van der Waals surface area contributed by atoms with E-state index in [9.17, 15) is 5.26 Å². The quantitative estimate of drug-likeness (QED) is 0.515. The third-order valence-corrected chi connectivity index (χ3v) is 8.63. The fourth-order valence-electron chi connectivity index (χ4n) is 6.85. The molecule has 3 heterocycles. The van der Waals surface area contributed by atoms with Gasteiger partial charge in [0, 0.05) is 41.8 Å². The summed E-state index contributed by atoms with van der Waals surface area (Å²) < 4.78 is 2.03. The van der Waals surface area contributed by atoms with Crippen LogP contribution in [0.2, 0.25) is 0 Å². The number of aryl methyl sites for hydroxylation is 2. The first-order valence-electron chi connectivity index (χ1n) is 13.0. The Hall–Kier alpha value is -2.81. The number of nitriles is 1. The number of hydrogen-bond donors (Lipinski definition) is 1. The van der Waals surface area contributed by atoms with E-state index in [0.29, 0.717) is 11.8 Å². The lowest BCUT2D eigenvalue weighted by Gasteiger charge is -2.44. The first kappa shape index (κ1) is 20.8. The zero-order valence-corrected chi connectivity index (χ0v) is 19.4. The fraction of sp³-hybridized carbons (Fsp3) is 0.593. The summed E-state index contributed by atoms with van der Waals surface area (Å²) in [7, 11) is 0. The van der Waals surface area contributed by atoms with Gasteiger partial charge in [-0.05, 0) is 55.6 Å². The number of H-pyrrole nitrogens is 1. The van der Waals surface area contributed by atoms with Crippen LogP contribution in [0.15, 0.2) is 30.5 Å². The molecule has 2 saturated carbocycles. The maximum Gasteiger partial charge on any atom is 0.179 e. The first-order chi connectivity index (χ1) is 16.3. The van der Waals surface area contributed by atoms with Crippen LogP contribution in [0.1, 0.15) is 86.7 Å². The van der Waals surface area contributed by atoms with Crippen molar-refractivity contribution in [1.82, 2.24) is 24.9 Å². The van der Waals surface area contributed by atoms with Crippen molar-refractivity contribution in [3.05, 3.63) is 47.4 Å². The van der Waals surface area contributed by atoms with Crippen molar-refractivity contribution in [1.29, 1.82) is 5.26 Å². The third kappa shape index (κ3) is 3.92. The van der Waals surface area contributed by atoms with Crippen molar-refractivity contribution in [2.75, 3.05) is 6.54 Å². The SMILES string of the molecule is N#CN1CC2CCCCC2CC1c1[nH]c2ccccc2c1CCn1cc(C2CCCC2)nn1. The first-order valence-corrected chi connectivity index (χ1v) is 13.0. The molecular weight excluding hydrogens is 408 g/mol.